The summed E-state index contributed by atoms with van der Waals surface area (Å²) in [5, 5.41) is 5.54. The molecule has 1 aliphatic rings. The van der Waals surface area contributed by atoms with Crippen LogP contribution in [0.3, 0.4) is 0 Å². The van der Waals surface area contributed by atoms with Crippen LogP contribution in [0.5, 0.6) is 0 Å². The second kappa shape index (κ2) is 7.87. The fourth-order valence-electron chi connectivity index (χ4n) is 2.34. The number of nitrogens with two attached hydrogens (primary N) is 1. The molecule has 20 heavy (non-hydrogen) atoms. The van der Waals surface area contributed by atoms with Gasteiger partial charge in [-0.05, 0) is 37.8 Å². The summed E-state index contributed by atoms with van der Waals surface area (Å²) in [6, 6.07) is 9.50. The highest BCUT2D eigenvalue weighted by Crippen LogP contribution is 2.19. The van der Waals surface area contributed by atoms with Gasteiger partial charge in [0.2, 0.25) is 0 Å². The van der Waals surface area contributed by atoms with E-state index in [1.54, 1.807) is 0 Å². The average Bonchev–Trinajstić information content (AvgIpc) is 2.46. The van der Waals surface area contributed by atoms with Crippen LogP contribution in [-0.2, 0) is 4.74 Å². The number of urea groups is 1. The molecule has 0 bridgehead atoms. The smallest absolute Gasteiger partial charge is 0.319 e. The van der Waals surface area contributed by atoms with E-state index in [2.05, 4.69) is 10.6 Å². The SMILES string of the molecule is NC1CCC(OCCNC(=O)Nc2ccccc2)CC1. The predicted molar refractivity (Wildman–Crippen MR) is 79.6 cm³/mol. The molecule has 110 valence electrons. The van der Waals surface area contributed by atoms with E-state index in [1.807, 2.05) is 30.3 Å². The number of amides is 2. The molecule has 5 heteroatoms. The number of hydrogen-bond donors (Lipinski definition) is 3. The van der Waals surface area contributed by atoms with Gasteiger partial charge in [0.25, 0.3) is 0 Å². The molecule has 0 atom stereocenters. The van der Waals surface area contributed by atoms with Gasteiger partial charge in [-0.2, -0.15) is 0 Å². The minimum absolute atomic E-state index is 0.203. The van der Waals surface area contributed by atoms with Crippen molar-refractivity contribution in [2.45, 2.75) is 37.8 Å². The monoisotopic (exact) mass is 277 g/mol. The lowest BCUT2D eigenvalue weighted by Gasteiger charge is -2.26. The summed E-state index contributed by atoms with van der Waals surface area (Å²) in [5.74, 6) is 0. The first kappa shape index (κ1) is 14.8. The second-order valence-electron chi connectivity index (χ2n) is 5.15. The molecule has 2 amide bonds. The normalized spacial score (nSPS) is 22.2. The van der Waals surface area contributed by atoms with Crippen molar-refractivity contribution >= 4 is 11.7 Å². The lowest BCUT2D eigenvalue weighted by atomic mass is 9.94. The fraction of sp³-hybridized carbons (Fsp3) is 0.533. The number of para-hydroxylation sites is 1. The molecule has 0 aliphatic heterocycles. The summed E-state index contributed by atoms with van der Waals surface area (Å²) in [6.07, 6.45) is 4.42. The molecule has 1 fully saturated rings. The van der Waals surface area contributed by atoms with Crippen molar-refractivity contribution in [3.63, 3.8) is 0 Å². The van der Waals surface area contributed by atoms with E-state index in [9.17, 15) is 4.79 Å². The summed E-state index contributed by atoms with van der Waals surface area (Å²) < 4.78 is 5.73. The molecule has 0 unspecified atom stereocenters. The average molecular weight is 277 g/mol. The molecule has 4 N–H and O–H groups in total. The van der Waals surface area contributed by atoms with Crippen molar-refractivity contribution in [2.75, 3.05) is 18.5 Å². The molecule has 0 spiro atoms. The van der Waals surface area contributed by atoms with Crippen LogP contribution < -0.4 is 16.4 Å². The van der Waals surface area contributed by atoms with Crippen molar-refractivity contribution in [1.29, 1.82) is 0 Å². The third-order valence-electron chi connectivity index (χ3n) is 3.49. The van der Waals surface area contributed by atoms with Crippen LogP contribution in [0.4, 0.5) is 10.5 Å². The van der Waals surface area contributed by atoms with Crippen LogP contribution in [0.25, 0.3) is 0 Å². The van der Waals surface area contributed by atoms with Gasteiger partial charge in [-0.15, -0.1) is 0 Å². The minimum Gasteiger partial charge on any atom is -0.376 e. The fourth-order valence-corrected chi connectivity index (χ4v) is 2.34. The Hall–Kier alpha value is -1.59. The van der Waals surface area contributed by atoms with Gasteiger partial charge in [0.05, 0.1) is 12.7 Å². The first-order valence-electron chi connectivity index (χ1n) is 7.21. The zero-order chi connectivity index (χ0) is 14.2. The molecule has 2 rings (SSSR count). The molecule has 0 radical (unpaired) electrons. The number of anilines is 1. The third-order valence-corrected chi connectivity index (χ3v) is 3.49. The van der Waals surface area contributed by atoms with Crippen molar-refractivity contribution in [3.05, 3.63) is 30.3 Å². The van der Waals surface area contributed by atoms with Crippen LogP contribution in [0.2, 0.25) is 0 Å². The van der Waals surface area contributed by atoms with Crippen LogP contribution in [0, 0.1) is 0 Å². The molecule has 1 saturated carbocycles. The van der Waals surface area contributed by atoms with Gasteiger partial charge in [-0.25, -0.2) is 4.79 Å². The molecular formula is C15H23N3O2. The summed E-state index contributed by atoms with van der Waals surface area (Å²) >= 11 is 0. The van der Waals surface area contributed by atoms with Gasteiger partial charge in [-0.1, -0.05) is 18.2 Å². The van der Waals surface area contributed by atoms with Gasteiger partial charge in [0.1, 0.15) is 0 Å². The van der Waals surface area contributed by atoms with E-state index in [0.29, 0.717) is 25.3 Å². The number of hydrogen-bond acceptors (Lipinski definition) is 3. The second-order valence-corrected chi connectivity index (χ2v) is 5.15. The van der Waals surface area contributed by atoms with E-state index in [4.69, 9.17) is 10.5 Å². The molecule has 1 aromatic carbocycles. The maximum Gasteiger partial charge on any atom is 0.319 e. The number of carbonyl (C=O) groups excluding carboxylic acids is 1. The maximum atomic E-state index is 11.6. The van der Waals surface area contributed by atoms with Gasteiger partial charge >= 0.3 is 6.03 Å². The zero-order valence-corrected chi connectivity index (χ0v) is 11.7. The summed E-state index contributed by atoms with van der Waals surface area (Å²) in [4.78, 5) is 11.6. The Morgan fingerprint density at radius 3 is 2.60 bits per heavy atom. The maximum absolute atomic E-state index is 11.6. The van der Waals surface area contributed by atoms with Gasteiger partial charge in [-0.3, -0.25) is 0 Å². The standard InChI is InChI=1S/C15H23N3O2/c16-12-6-8-14(9-7-12)20-11-10-17-15(19)18-13-4-2-1-3-5-13/h1-5,12,14H,6-11,16H2,(H2,17,18,19). The Balaban J connectivity index is 1.56. The van der Waals surface area contributed by atoms with E-state index in [0.717, 1.165) is 31.4 Å². The highest BCUT2D eigenvalue weighted by molar-refractivity contribution is 5.89. The van der Waals surface area contributed by atoms with Crippen molar-refractivity contribution in [1.82, 2.24) is 5.32 Å². The number of rotatable bonds is 5. The van der Waals surface area contributed by atoms with Crippen molar-refractivity contribution in [2.24, 2.45) is 5.73 Å². The molecule has 0 heterocycles. The van der Waals surface area contributed by atoms with Gasteiger partial charge < -0.3 is 21.1 Å². The van der Waals surface area contributed by atoms with Gasteiger partial charge in [0, 0.05) is 18.3 Å². The Morgan fingerprint density at radius 1 is 1.20 bits per heavy atom. The lowest BCUT2D eigenvalue weighted by Crippen LogP contribution is -2.34. The minimum atomic E-state index is -0.203. The lowest BCUT2D eigenvalue weighted by molar-refractivity contribution is 0.0280. The quantitative estimate of drug-likeness (QED) is 0.721. The van der Waals surface area contributed by atoms with Crippen LogP contribution in [0.15, 0.2) is 30.3 Å². The molecule has 5 nitrogen and oxygen atoms in total. The first-order valence-corrected chi connectivity index (χ1v) is 7.21. The van der Waals surface area contributed by atoms with Crippen molar-refractivity contribution in [3.8, 4) is 0 Å². The zero-order valence-electron chi connectivity index (χ0n) is 11.7. The predicted octanol–water partition coefficient (Wildman–Crippen LogP) is 2.09. The Bertz CT molecular complexity index is 403. The number of carbonyl (C=O) groups is 1. The third kappa shape index (κ3) is 5.19. The highest BCUT2D eigenvalue weighted by atomic mass is 16.5. The van der Waals surface area contributed by atoms with Gasteiger partial charge in [0.15, 0.2) is 0 Å². The molecule has 1 aromatic rings. The Kier molecular flexibility index (Phi) is 5.83. The van der Waals surface area contributed by atoms with E-state index < -0.39 is 0 Å². The van der Waals surface area contributed by atoms with E-state index in [1.165, 1.54) is 0 Å². The van der Waals surface area contributed by atoms with Crippen LogP contribution >= 0.6 is 0 Å². The molecule has 0 saturated heterocycles. The summed E-state index contributed by atoms with van der Waals surface area (Å²) in [7, 11) is 0. The largest absolute Gasteiger partial charge is 0.376 e. The molecule has 0 aromatic heterocycles. The first-order chi connectivity index (χ1) is 9.74. The Morgan fingerprint density at radius 2 is 1.90 bits per heavy atom. The topological polar surface area (TPSA) is 76.4 Å². The van der Waals surface area contributed by atoms with Crippen molar-refractivity contribution < 1.29 is 9.53 Å². The summed E-state index contributed by atoms with van der Waals surface area (Å²) in [5.41, 5.74) is 6.63. The van der Waals surface area contributed by atoms with Crippen LogP contribution in [-0.4, -0.2) is 31.3 Å². The number of nitrogens with one attached hydrogen (secondary N) is 2. The highest BCUT2D eigenvalue weighted by Gasteiger charge is 2.18. The number of ether oxygens (including phenoxy) is 1. The molecular weight excluding hydrogens is 254 g/mol. The Labute approximate surface area is 119 Å². The van der Waals surface area contributed by atoms with E-state index >= 15 is 0 Å². The van der Waals surface area contributed by atoms with Crippen LogP contribution in [0.1, 0.15) is 25.7 Å². The summed E-state index contributed by atoms with van der Waals surface area (Å²) in [6.45, 7) is 1.06. The molecule has 1 aliphatic carbocycles. The number of benzene rings is 1. The van der Waals surface area contributed by atoms with E-state index in [-0.39, 0.29) is 6.03 Å².